The van der Waals surface area contributed by atoms with Gasteiger partial charge < -0.3 is 11.1 Å². The molecule has 1 aliphatic heterocycles. The van der Waals surface area contributed by atoms with E-state index in [1.807, 2.05) is 7.05 Å². The number of piperidine rings is 1. The third-order valence-corrected chi connectivity index (χ3v) is 4.24. The van der Waals surface area contributed by atoms with Crippen molar-refractivity contribution >= 4 is 5.91 Å². The van der Waals surface area contributed by atoms with E-state index in [1.165, 1.54) is 25.3 Å². The van der Waals surface area contributed by atoms with Crippen LogP contribution >= 0.6 is 0 Å². The van der Waals surface area contributed by atoms with Crippen molar-refractivity contribution in [3.63, 3.8) is 0 Å². The number of carbonyl (C=O) groups excluding carboxylic acids is 1. The number of primary amides is 1. The largest absolute Gasteiger partial charge is 0.366 e. The molecule has 116 valence electrons. The molecule has 1 aromatic carbocycles. The van der Waals surface area contributed by atoms with Gasteiger partial charge >= 0.3 is 0 Å². The average Bonchev–Trinajstić information content (AvgIpc) is 2.48. The molecular formula is C16H24FN3O. The summed E-state index contributed by atoms with van der Waals surface area (Å²) in [6, 6.07) is 4.50. The number of likely N-dealkylation sites (tertiary alicyclic amines) is 1. The van der Waals surface area contributed by atoms with Gasteiger partial charge in [0.2, 0.25) is 5.91 Å². The smallest absolute Gasteiger partial charge is 0.248 e. The van der Waals surface area contributed by atoms with E-state index in [0.717, 1.165) is 25.6 Å². The van der Waals surface area contributed by atoms with Gasteiger partial charge in [-0.2, -0.15) is 0 Å². The molecule has 0 atom stereocenters. The minimum atomic E-state index is -0.592. The minimum Gasteiger partial charge on any atom is -0.366 e. The maximum absolute atomic E-state index is 14.0. The molecule has 0 radical (unpaired) electrons. The van der Waals surface area contributed by atoms with E-state index in [0.29, 0.717) is 12.1 Å². The lowest BCUT2D eigenvalue weighted by Crippen LogP contribution is -2.34. The van der Waals surface area contributed by atoms with Gasteiger partial charge in [-0.25, -0.2) is 4.39 Å². The Balaban J connectivity index is 1.87. The Morgan fingerprint density at radius 3 is 2.71 bits per heavy atom. The first kappa shape index (κ1) is 15.9. The molecule has 21 heavy (non-hydrogen) atoms. The highest BCUT2D eigenvalue weighted by atomic mass is 19.1. The van der Waals surface area contributed by atoms with Gasteiger partial charge in [0, 0.05) is 17.7 Å². The van der Waals surface area contributed by atoms with Crippen molar-refractivity contribution in [2.24, 2.45) is 11.7 Å². The van der Waals surface area contributed by atoms with Gasteiger partial charge in [-0.05, 0) is 64.0 Å². The molecule has 1 heterocycles. The normalized spacial score (nSPS) is 17.0. The molecule has 4 nitrogen and oxygen atoms in total. The highest BCUT2D eigenvalue weighted by molar-refractivity contribution is 5.92. The second-order valence-electron chi connectivity index (χ2n) is 5.78. The molecule has 1 saturated heterocycles. The van der Waals surface area contributed by atoms with Gasteiger partial charge in [0.25, 0.3) is 0 Å². The topological polar surface area (TPSA) is 58.4 Å². The van der Waals surface area contributed by atoms with Crippen molar-refractivity contribution in [3.8, 4) is 0 Å². The Morgan fingerprint density at radius 2 is 2.14 bits per heavy atom. The lowest BCUT2D eigenvalue weighted by molar-refractivity contribution is 0.0999. The van der Waals surface area contributed by atoms with Crippen LogP contribution in [0.25, 0.3) is 0 Å². The zero-order valence-electron chi connectivity index (χ0n) is 12.6. The van der Waals surface area contributed by atoms with Crippen molar-refractivity contribution in [1.82, 2.24) is 10.2 Å². The zero-order chi connectivity index (χ0) is 15.2. The number of benzene rings is 1. The summed E-state index contributed by atoms with van der Waals surface area (Å²) in [4.78, 5) is 13.3. The first-order chi connectivity index (χ1) is 10.1. The number of hydrogen-bond acceptors (Lipinski definition) is 3. The molecule has 2 rings (SSSR count). The van der Waals surface area contributed by atoms with E-state index in [9.17, 15) is 9.18 Å². The zero-order valence-corrected chi connectivity index (χ0v) is 12.6. The molecule has 0 spiro atoms. The van der Waals surface area contributed by atoms with Gasteiger partial charge in [0.1, 0.15) is 5.82 Å². The Labute approximate surface area is 125 Å². The number of halogens is 1. The van der Waals surface area contributed by atoms with E-state index in [1.54, 1.807) is 12.1 Å². The third kappa shape index (κ3) is 4.51. The van der Waals surface area contributed by atoms with Crippen LogP contribution in [-0.2, 0) is 6.54 Å². The summed E-state index contributed by atoms with van der Waals surface area (Å²) in [6.45, 7) is 3.67. The Bertz CT molecular complexity index is 484. The number of nitrogens with one attached hydrogen (secondary N) is 1. The molecule has 0 aliphatic carbocycles. The molecule has 0 unspecified atom stereocenters. The minimum absolute atomic E-state index is 0.224. The first-order valence-electron chi connectivity index (χ1n) is 7.55. The van der Waals surface area contributed by atoms with Crippen LogP contribution < -0.4 is 11.1 Å². The van der Waals surface area contributed by atoms with Gasteiger partial charge in [-0.15, -0.1) is 0 Å². The highest BCUT2D eigenvalue weighted by Crippen LogP contribution is 2.22. The average molecular weight is 293 g/mol. The predicted molar refractivity (Wildman–Crippen MR) is 81.5 cm³/mol. The monoisotopic (exact) mass is 293 g/mol. The molecule has 0 bridgehead atoms. The van der Waals surface area contributed by atoms with Gasteiger partial charge in [0.15, 0.2) is 0 Å². The van der Waals surface area contributed by atoms with Gasteiger partial charge in [-0.1, -0.05) is 6.07 Å². The number of rotatable bonds is 6. The fourth-order valence-corrected chi connectivity index (χ4v) is 2.85. The molecule has 1 aromatic rings. The predicted octanol–water partition coefficient (Wildman–Crippen LogP) is 1.75. The Hall–Kier alpha value is -1.46. The summed E-state index contributed by atoms with van der Waals surface area (Å²) < 4.78 is 14.0. The van der Waals surface area contributed by atoms with Crippen LogP contribution in [0.15, 0.2) is 18.2 Å². The number of nitrogens with zero attached hydrogens (tertiary/aromatic N) is 1. The molecule has 1 amide bonds. The SMILES string of the molecule is CNCCC1CCN(Cc2ccc(C(N)=O)cc2F)CC1. The summed E-state index contributed by atoms with van der Waals surface area (Å²) in [7, 11) is 1.98. The van der Waals surface area contributed by atoms with E-state index in [-0.39, 0.29) is 11.4 Å². The molecule has 1 fully saturated rings. The van der Waals surface area contributed by atoms with E-state index in [4.69, 9.17) is 5.73 Å². The number of nitrogens with two attached hydrogens (primary N) is 1. The number of carbonyl (C=O) groups is 1. The second-order valence-corrected chi connectivity index (χ2v) is 5.78. The fraction of sp³-hybridized carbons (Fsp3) is 0.562. The molecule has 1 aliphatic rings. The molecule has 3 N–H and O–H groups in total. The summed E-state index contributed by atoms with van der Waals surface area (Å²) in [5, 5.41) is 3.19. The molecule has 0 saturated carbocycles. The van der Waals surface area contributed by atoms with Crippen LogP contribution in [0, 0.1) is 11.7 Å². The standard InChI is InChI=1S/C16H24FN3O/c1-19-7-4-12-5-8-20(9-6-12)11-14-3-2-13(16(18)21)10-15(14)17/h2-3,10,12,19H,4-9,11H2,1H3,(H2,18,21). The lowest BCUT2D eigenvalue weighted by atomic mass is 9.93. The van der Waals surface area contributed by atoms with Crippen LogP contribution in [0.2, 0.25) is 0 Å². The lowest BCUT2D eigenvalue weighted by Gasteiger charge is -2.32. The number of hydrogen-bond donors (Lipinski definition) is 2. The van der Waals surface area contributed by atoms with Crippen molar-refractivity contribution < 1.29 is 9.18 Å². The van der Waals surface area contributed by atoms with Crippen molar-refractivity contribution in [2.75, 3.05) is 26.7 Å². The molecule has 5 heteroatoms. The highest BCUT2D eigenvalue weighted by Gasteiger charge is 2.19. The third-order valence-electron chi connectivity index (χ3n) is 4.24. The van der Waals surface area contributed by atoms with Crippen LogP contribution in [0.4, 0.5) is 4.39 Å². The summed E-state index contributed by atoms with van der Waals surface area (Å²) in [5.41, 5.74) is 6.01. The Morgan fingerprint density at radius 1 is 1.43 bits per heavy atom. The van der Waals surface area contributed by atoms with E-state index >= 15 is 0 Å². The maximum Gasteiger partial charge on any atom is 0.248 e. The van der Waals surface area contributed by atoms with Gasteiger partial charge in [0.05, 0.1) is 0 Å². The summed E-state index contributed by atoms with van der Waals surface area (Å²) in [5.74, 6) is -0.162. The number of amides is 1. The Kier molecular flexibility index (Phi) is 5.70. The van der Waals surface area contributed by atoms with Crippen LogP contribution in [0.5, 0.6) is 0 Å². The van der Waals surface area contributed by atoms with Crippen molar-refractivity contribution in [1.29, 1.82) is 0 Å². The van der Waals surface area contributed by atoms with Crippen LogP contribution in [0.3, 0.4) is 0 Å². The van der Waals surface area contributed by atoms with E-state index in [2.05, 4.69) is 10.2 Å². The quantitative estimate of drug-likeness (QED) is 0.840. The fourth-order valence-electron chi connectivity index (χ4n) is 2.85. The second kappa shape index (κ2) is 7.52. The van der Waals surface area contributed by atoms with Crippen molar-refractivity contribution in [2.45, 2.75) is 25.8 Å². The molecule has 0 aromatic heterocycles. The van der Waals surface area contributed by atoms with Crippen molar-refractivity contribution in [3.05, 3.63) is 35.1 Å². The summed E-state index contributed by atoms with van der Waals surface area (Å²) >= 11 is 0. The van der Waals surface area contributed by atoms with Gasteiger partial charge in [-0.3, -0.25) is 9.69 Å². The van der Waals surface area contributed by atoms with Crippen LogP contribution in [-0.4, -0.2) is 37.5 Å². The van der Waals surface area contributed by atoms with Crippen LogP contribution in [0.1, 0.15) is 35.2 Å². The van der Waals surface area contributed by atoms with E-state index < -0.39 is 5.91 Å². The maximum atomic E-state index is 14.0. The first-order valence-corrected chi connectivity index (χ1v) is 7.55. The summed E-state index contributed by atoms with van der Waals surface area (Å²) in [6.07, 6.45) is 3.55. The molecular weight excluding hydrogens is 269 g/mol.